The SMILES string of the molecule is C[C@H](NC(=O)[C@@H](N)CCC(N)=O)C(=O)N[C@@H](CCC(=O)O)C(=O)N[C@@H](CC(N)=O)C(=O)N[C@@H](CCCN=C(N)N)C(=O)N[C@@H](CC(N)=O)C(=O)N[C@@H](CC(=O)O)C(=O)N[C@@H](CCCN=C(N)N)C(=O)N[C@@H](Cc1c[nH]c2ccccc12)C(=O)O. The van der Waals surface area contributed by atoms with Crippen LogP contribution in [0.4, 0.5) is 0 Å². The van der Waals surface area contributed by atoms with Crippen LogP contribution in [0.15, 0.2) is 40.4 Å². The molecule has 36 heteroatoms. The van der Waals surface area contributed by atoms with E-state index in [2.05, 4.69) is 57.5 Å². The number of aromatic amines is 1. The second-order valence-corrected chi connectivity index (χ2v) is 18.9. The fourth-order valence-electron chi connectivity index (χ4n) is 7.75. The van der Waals surface area contributed by atoms with Gasteiger partial charge in [-0.05, 0) is 57.1 Å². The number of carboxylic acid groups (broad SMARTS) is 3. The third kappa shape index (κ3) is 26.0. The molecular weight excluding hydrogens is 1110 g/mol. The smallest absolute Gasteiger partial charge is 0.326 e. The first-order valence-electron chi connectivity index (χ1n) is 25.7. The minimum absolute atomic E-state index is 0.0228. The molecule has 1 heterocycles. The van der Waals surface area contributed by atoms with Crippen LogP contribution in [0.3, 0.4) is 0 Å². The van der Waals surface area contributed by atoms with Crippen molar-refractivity contribution in [1.82, 2.24) is 47.5 Å². The summed E-state index contributed by atoms with van der Waals surface area (Å²) in [7, 11) is 0. The van der Waals surface area contributed by atoms with Gasteiger partial charge in [-0.3, -0.25) is 72.3 Å². The molecule has 0 aliphatic carbocycles. The lowest BCUT2D eigenvalue weighted by Gasteiger charge is -2.27. The summed E-state index contributed by atoms with van der Waals surface area (Å²) in [5.41, 5.74) is 44.5. The molecule has 0 spiro atoms. The van der Waals surface area contributed by atoms with Gasteiger partial charge in [0.05, 0.1) is 25.3 Å². The Balaban J connectivity index is 2.46. The number of nitrogens with one attached hydrogen (secondary N) is 9. The second kappa shape index (κ2) is 34.9. The Hall–Kier alpha value is -10.2. The van der Waals surface area contributed by atoms with E-state index in [4.69, 9.17) is 45.9 Å². The number of primary amides is 3. The van der Waals surface area contributed by atoms with Crippen LogP contribution in [-0.4, -0.2) is 183 Å². The number of nitrogens with two attached hydrogens (primary N) is 8. The molecule has 462 valence electrons. The van der Waals surface area contributed by atoms with Crippen LogP contribution < -0.4 is 88.4 Å². The van der Waals surface area contributed by atoms with Crippen molar-refractivity contribution in [2.45, 2.75) is 138 Å². The van der Waals surface area contributed by atoms with Crippen molar-refractivity contribution in [1.29, 1.82) is 0 Å². The Morgan fingerprint density at radius 1 is 0.476 bits per heavy atom. The summed E-state index contributed by atoms with van der Waals surface area (Å²) in [5.74, 6) is -18.3. The van der Waals surface area contributed by atoms with Gasteiger partial charge >= 0.3 is 17.9 Å². The Morgan fingerprint density at radius 2 is 0.893 bits per heavy atom. The van der Waals surface area contributed by atoms with E-state index in [0.717, 1.165) is 0 Å². The van der Waals surface area contributed by atoms with Crippen molar-refractivity contribution in [3.63, 3.8) is 0 Å². The molecule has 0 radical (unpaired) electrons. The molecule has 0 aliphatic rings. The maximum atomic E-state index is 14.1. The Kier molecular flexibility index (Phi) is 29.0. The van der Waals surface area contributed by atoms with Gasteiger partial charge in [-0.15, -0.1) is 0 Å². The number of rotatable bonds is 39. The summed E-state index contributed by atoms with van der Waals surface area (Å²) >= 11 is 0. The number of aromatic nitrogens is 1. The van der Waals surface area contributed by atoms with E-state index in [9.17, 15) is 82.4 Å². The first-order valence-corrected chi connectivity index (χ1v) is 25.7. The lowest BCUT2D eigenvalue weighted by atomic mass is 10.0. The van der Waals surface area contributed by atoms with E-state index >= 15 is 0 Å². The highest BCUT2D eigenvalue weighted by atomic mass is 16.4. The molecule has 11 amide bonds. The van der Waals surface area contributed by atoms with Crippen LogP contribution in [-0.2, 0) is 73.5 Å². The number of H-pyrrole nitrogens is 1. The maximum Gasteiger partial charge on any atom is 0.326 e. The van der Waals surface area contributed by atoms with E-state index in [1.165, 1.54) is 6.92 Å². The predicted octanol–water partition coefficient (Wildman–Crippen LogP) is -8.52. The fourth-order valence-corrected chi connectivity index (χ4v) is 7.75. The van der Waals surface area contributed by atoms with E-state index in [1.807, 2.05) is 0 Å². The molecule has 0 bridgehead atoms. The summed E-state index contributed by atoms with van der Waals surface area (Å²) < 4.78 is 0. The molecule has 1 aromatic carbocycles. The second-order valence-electron chi connectivity index (χ2n) is 18.9. The van der Waals surface area contributed by atoms with Crippen molar-refractivity contribution in [2.24, 2.45) is 55.9 Å². The molecule has 0 saturated heterocycles. The van der Waals surface area contributed by atoms with E-state index in [0.29, 0.717) is 16.5 Å². The lowest BCUT2D eigenvalue weighted by molar-refractivity contribution is -0.143. The number of aliphatic imine (C=N–C) groups is 2. The first kappa shape index (κ1) is 69.9. The Labute approximate surface area is 477 Å². The monoisotopic (exact) mass is 1190 g/mol. The van der Waals surface area contributed by atoms with Crippen molar-refractivity contribution < 1.29 is 82.4 Å². The maximum absolute atomic E-state index is 14.1. The number of nitrogens with zero attached hydrogens (tertiary/aromatic N) is 2. The number of hydrogen-bond donors (Lipinski definition) is 20. The van der Waals surface area contributed by atoms with Crippen LogP contribution in [0.1, 0.15) is 83.1 Å². The van der Waals surface area contributed by atoms with E-state index in [1.54, 1.807) is 30.5 Å². The van der Waals surface area contributed by atoms with Gasteiger partial charge in [-0.2, -0.15) is 0 Å². The van der Waals surface area contributed by atoms with Gasteiger partial charge in [0.15, 0.2) is 11.9 Å². The van der Waals surface area contributed by atoms with Gasteiger partial charge in [0, 0.05) is 49.5 Å². The van der Waals surface area contributed by atoms with E-state index in [-0.39, 0.29) is 57.6 Å². The number of carboxylic acids is 3. The van der Waals surface area contributed by atoms with Crippen LogP contribution in [0.25, 0.3) is 10.9 Å². The number of para-hydroxylation sites is 1. The molecule has 0 saturated carbocycles. The van der Waals surface area contributed by atoms with Gasteiger partial charge < -0.3 is 109 Å². The Morgan fingerprint density at radius 3 is 1.32 bits per heavy atom. The van der Waals surface area contributed by atoms with Crippen molar-refractivity contribution in [3.05, 3.63) is 36.0 Å². The zero-order valence-electron chi connectivity index (χ0n) is 45.6. The first-order chi connectivity index (χ1) is 39.4. The summed E-state index contributed by atoms with van der Waals surface area (Å²) in [6.45, 7) is 0.870. The fraction of sp³-hybridized carbons (Fsp3) is 0.500. The highest BCUT2D eigenvalue weighted by Crippen LogP contribution is 2.19. The van der Waals surface area contributed by atoms with Gasteiger partial charge in [0.1, 0.15) is 48.3 Å². The summed E-state index contributed by atoms with van der Waals surface area (Å²) in [5, 5.41) is 47.8. The summed E-state index contributed by atoms with van der Waals surface area (Å²) in [6.07, 6.45) is -4.67. The molecule has 36 nitrogen and oxygen atoms in total. The van der Waals surface area contributed by atoms with Gasteiger partial charge in [0.25, 0.3) is 0 Å². The average Bonchev–Trinajstić information content (AvgIpc) is 3.99. The topological polar surface area (TPSA) is 645 Å². The quantitative estimate of drug-likeness (QED) is 0.0168. The minimum atomic E-state index is -2.10. The van der Waals surface area contributed by atoms with Gasteiger partial charge in [-0.1, -0.05) is 18.2 Å². The number of amides is 11. The number of carbonyl (C=O) groups excluding carboxylic acids is 11. The minimum Gasteiger partial charge on any atom is -0.481 e. The molecule has 28 N–H and O–H groups in total. The number of guanidine groups is 2. The number of hydrogen-bond acceptors (Lipinski definition) is 17. The lowest BCUT2D eigenvalue weighted by Crippen LogP contribution is -2.61. The standard InChI is InChI=1S/C48H73N19O17/c1-21(60-39(76)24(49)10-12-33(50)68)38(75)61-28(11-13-36(71)72)42(79)65-29(17-34(51)69)43(80)62-26(8-4-14-57-47(53)54)40(77)64-30(18-35(52)70)44(81)66-31(19-37(73)74)45(82)63-27(9-5-15-58-48(55)56)41(78)67-32(46(83)84)16-22-20-59-25-7-3-2-6-23(22)25/h2-3,6-7,20-21,24,26-32,59H,4-5,8-19,49H2,1H3,(H2,50,68)(H2,51,69)(H2,52,70)(H,60,76)(H,61,75)(H,62,80)(H,63,82)(H,64,77)(H,65,79)(H,66,81)(H,67,78)(H,71,72)(H,73,74)(H,83,84)(H4,53,54,57)(H4,55,56,58)/t21-,24-,26-,27-,28-,29-,30-,31-,32-/m0/s1. The Bertz CT molecular complexity index is 2800. The van der Waals surface area contributed by atoms with Gasteiger partial charge in [0.2, 0.25) is 65.0 Å². The highest BCUT2D eigenvalue weighted by molar-refractivity contribution is 6.00. The van der Waals surface area contributed by atoms with Crippen molar-refractivity contribution in [2.75, 3.05) is 13.1 Å². The summed E-state index contributed by atoms with van der Waals surface area (Å²) in [4.78, 5) is 192. The largest absolute Gasteiger partial charge is 0.481 e. The zero-order chi connectivity index (χ0) is 63.4. The number of carbonyl (C=O) groups is 14. The van der Waals surface area contributed by atoms with E-state index < -0.39 is 182 Å². The predicted molar refractivity (Wildman–Crippen MR) is 294 cm³/mol. The van der Waals surface area contributed by atoms with Crippen LogP contribution in [0.5, 0.6) is 0 Å². The number of aliphatic carboxylic acids is 3. The number of fused-ring (bicyclic) bond motifs is 1. The molecule has 84 heavy (non-hydrogen) atoms. The summed E-state index contributed by atoms with van der Waals surface area (Å²) in [6, 6.07) is -8.81. The van der Waals surface area contributed by atoms with Crippen molar-refractivity contribution in [3.8, 4) is 0 Å². The molecule has 9 atom stereocenters. The molecule has 1 aromatic heterocycles. The number of benzene rings is 1. The van der Waals surface area contributed by atoms with Crippen LogP contribution >= 0.6 is 0 Å². The normalized spacial score (nSPS) is 14.0. The molecule has 2 rings (SSSR count). The molecule has 0 fully saturated rings. The average molecular weight is 1190 g/mol. The molecule has 0 aliphatic heterocycles. The highest BCUT2D eigenvalue weighted by Gasteiger charge is 2.36. The van der Waals surface area contributed by atoms with Gasteiger partial charge in [-0.25, -0.2) is 4.79 Å². The zero-order valence-corrected chi connectivity index (χ0v) is 45.6. The van der Waals surface area contributed by atoms with Crippen molar-refractivity contribution >= 4 is 106 Å². The molecule has 2 aromatic rings. The molecular formula is C48H73N19O17. The van der Waals surface area contributed by atoms with Crippen LogP contribution in [0.2, 0.25) is 0 Å². The van der Waals surface area contributed by atoms with Crippen LogP contribution in [0, 0.1) is 0 Å². The third-order valence-corrected chi connectivity index (χ3v) is 12.0. The molecule has 0 unspecified atom stereocenters. The third-order valence-electron chi connectivity index (χ3n) is 12.0.